The van der Waals surface area contributed by atoms with Crippen LogP contribution in [0, 0.1) is 11.7 Å². The second-order valence-corrected chi connectivity index (χ2v) is 10.0. The number of esters is 1. The molecule has 37 heavy (non-hydrogen) atoms. The van der Waals surface area contributed by atoms with Crippen molar-refractivity contribution in [1.29, 1.82) is 0 Å². The predicted molar refractivity (Wildman–Crippen MR) is 146 cm³/mol. The highest BCUT2D eigenvalue weighted by Gasteiger charge is 2.47. The number of benzene rings is 2. The Balaban J connectivity index is 0.00000481. The Hall–Kier alpha value is -2.51. The highest BCUT2D eigenvalue weighted by molar-refractivity contribution is 5.85. The van der Waals surface area contributed by atoms with Crippen LogP contribution in [-0.2, 0) is 22.4 Å². The molecule has 0 saturated heterocycles. The van der Waals surface area contributed by atoms with E-state index in [4.69, 9.17) is 18.9 Å². The van der Waals surface area contributed by atoms with Gasteiger partial charge in [-0.05, 0) is 55.5 Å². The highest BCUT2D eigenvalue weighted by atomic mass is 35.5. The molecule has 0 spiro atoms. The largest absolute Gasteiger partial charge is 0.496 e. The molecule has 0 radical (unpaired) electrons. The fraction of sp³-hybridized carbons (Fsp3) is 0.552. The molecular formula is C29H41ClFNO5. The number of hydrogen-bond acceptors (Lipinski definition) is 6. The van der Waals surface area contributed by atoms with E-state index in [1.165, 1.54) is 13.0 Å². The SMILES string of the molecule is COc1cc(OC)c(CCN(C)CC[C@@]2(OC(C)=O)CCc3cc(F)ccc3[C@@H]2C(C)C)c(OC)c1.Cl. The third kappa shape index (κ3) is 7.08. The molecule has 0 aromatic heterocycles. The number of methoxy groups -OCH3 is 3. The van der Waals surface area contributed by atoms with Gasteiger partial charge in [0.1, 0.15) is 28.7 Å². The normalized spacial score (nSPS) is 18.7. The van der Waals surface area contributed by atoms with Crippen molar-refractivity contribution in [2.75, 3.05) is 41.5 Å². The van der Waals surface area contributed by atoms with Gasteiger partial charge in [0.25, 0.3) is 0 Å². The Bertz CT molecular complexity index is 1040. The van der Waals surface area contributed by atoms with Crippen molar-refractivity contribution in [3.63, 3.8) is 0 Å². The number of nitrogens with zero attached hydrogens (tertiary/aromatic N) is 1. The van der Waals surface area contributed by atoms with Gasteiger partial charge in [-0.15, -0.1) is 12.4 Å². The Morgan fingerprint density at radius 1 is 1.08 bits per heavy atom. The number of fused-ring (bicyclic) bond motifs is 1. The van der Waals surface area contributed by atoms with Crippen molar-refractivity contribution < 1.29 is 28.1 Å². The number of likely N-dealkylation sites (N-methyl/N-ethyl adjacent to an activating group) is 1. The summed E-state index contributed by atoms with van der Waals surface area (Å²) < 4.78 is 36.6. The van der Waals surface area contributed by atoms with Gasteiger partial charge in [-0.3, -0.25) is 4.79 Å². The summed E-state index contributed by atoms with van der Waals surface area (Å²) in [6.07, 6.45) is 2.79. The smallest absolute Gasteiger partial charge is 0.303 e. The van der Waals surface area contributed by atoms with Gasteiger partial charge in [-0.2, -0.15) is 0 Å². The third-order valence-electron chi connectivity index (χ3n) is 7.32. The van der Waals surface area contributed by atoms with E-state index in [9.17, 15) is 9.18 Å². The van der Waals surface area contributed by atoms with E-state index in [0.29, 0.717) is 25.0 Å². The summed E-state index contributed by atoms with van der Waals surface area (Å²) >= 11 is 0. The molecule has 0 saturated carbocycles. The molecule has 0 aliphatic heterocycles. The standard InChI is InChI=1S/C29H40FNO5.ClH/c1-19(2)28-24-9-8-22(30)16-21(24)10-12-29(28,36-20(3)32)13-15-31(4)14-11-25-26(34-6)17-23(33-5)18-27(25)35-7;/h8-9,16-19,28H,10-15H2,1-7H3;1H/t28-,29-;/m0./s1. The Morgan fingerprint density at radius 2 is 1.73 bits per heavy atom. The van der Waals surface area contributed by atoms with Crippen molar-refractivity contribution in [2.45, 2.75) is 58.0 Å². The number of aryl methyl sites for hydroxylation is 1. The number of carbonyl (C=O) groups excluding carboxylic acids is 1. The van der Waals surface area contributed by atoms with Crippen LogP contribution in [0.1, 0.15) is 56.2 Å². The molecule has 8 heteroatoms. The van der Waals surface area contributed by atoms with Crippen LogP contribution < -0.4 is 14.2 Å². The van der Waals surface area contributed by atoms with Crippen LogP contribution >= 0.6 is 12.4 Å². The predicted octanol–water partition coefficient (Wildman–Crippen LogP) is 5.83. The zero-order valence-electron chi connectivity index (χ0n) is 23.1. The zero-order valence-corrected chi connectivity index (χ0v) is 23.9. The van der Waals surface area contributed by atoms with Crippen molar-refractivity contribution in [3.8, 4) is 17.2 Å². The van der Waals surface area contributed by atoms with Crippen LogP contribution in [0.3, 0.4) is 0 Å². The molecule has 2 aromatic carbocycles. The zero-order chi connectivity index (χ0) is 26.5. The number of halogens is 2. The number of hydrogen-bond donors (Lipinski definition) is 0. The van der Waals surface area contributed by atoms with Gasteiger partial charge in [0, 0.05) is 50.0 Å². The molecule has 6 nitrogen and oxygen atoms in total. The first-order chi connectivity index (χ1) is 17.1. The van der Waals surface area contributed by atoms with E-state index in [-0.39, 0.29) is 36.0 Å². The Labute approximate surface area is 226 Å². The average molecular weight is 538 g/mol. The first kappa shape index (κ1) is 30.7. The Kier molecular flexibility index (Phi) is 11.1. The van der Waals surface area contributed by atoms with E-state index in [0.717, 1.165) is 47.7 Å². The summed E-state index contributed by atoms with van der Waals surface area (Å²) in [7, 11) is 6.97. The molecule has 0 unspecified atom stereocenters. The highest BCUT2D eigenvalue weighted by Crippen LogP contribution is 2.48. The van der Waals surface area contributed by atoms with E-state index in [2.05, 4.69) is 25.8 Å². The quantitative estimate of drug-likeness (QED) is 0.336. The van der Waals surface area contributed by atoms with Crippen LogP contribution in [-0.4, -0.2) is 57.9 Å². The Morgan fingerprint density at radius 3 is 2.27 bits per heavy atom. The minimum atomic E-state index is -0.630. The molecule has 206 valence electrons. The van der Waals surface area contributed by atoms with E-state index < -0.39 is 5.60 Å². The van der Waals surface area contributed by atoms with E-state index >= 15 is 0 Å². The molecule has 0 bridgehead atoms. The van der Waals surface area contributed by atoms with Gasteiger partial charge in [-0.25, -0.2) is 4.39 Å². The van der Waals surface area contributed by atoms with Gasteiger partial charge in [0.15, 0.2) is 0 Å². The number of rotatable bonds is 11. The lowest BCUT2D eigenvalue weighted by Gasteiger charge is -2.47. The number of carbonyl (C=O) groups is 1. The molecule has 3 rings (SSSR count). The van der Waals surface area contributed by atoms with Gasteiger partial charge < -0.3 is 23.8 Å². The fourth-order valence-corrected chi connectivity index (χ4v) is 5.70. The molecule has 1 aliphatic rings. The van der Waals surface area contributed by atoms with Crippen molar-refractivity contribution >= 4 is 18.4 Å². The van der Waals surface area contributed by atoms with E-state index in [1.807, 2.05) is 18.2 Å². The minimum absolute atomic E-state index is 0. The lowest BCUT2D eigenvalue weighted by Crippen LogP contribution is -2.48. The van der Waals surface area contributed by atoms with Crippen molar-refractivity contribution in [2.24, 2.45) is 5.92 Å². The number of ether oxygens (including phenoxy) is 4. The summed E-state index contributed by atoms with van der Waals surface area (Å²) in [4.78, 5) is 14.5. The maximum absolute atomic E-state index is 13.9. The summed E-state index contributed by atoms with van der Waals surface area (Å²) in [6.45, 7) is 7.28. The second-order valence-electron chi connectivity index (χ2n) is 10.0. The lowest BCUT2D eigenvalue weighted by molar-refractivity contribution is -0.164. The van der Waals surface area contributed by atoms with Crippen LogP contribution in [0.4, 0.5) is 4.39 Å². The maximum atomic E-state index is 13.9. The molecule has 0 heterocycles. The van der Waals surface area contributed by atoms with Crippen LogP contribution in [0.25, 0.3) is 0 Å². The molecule has 0 N–H and O–H groups in total. The van der Waals surface area contributed by atoms with Gasteiger partial charge >= 0.3 is 5.97 Å². The van der Waals surface area contributed by atoms with Crippen LogP contribution in [0.5, 0.6) is 17.2 Å². The molecule has 0 fully saturated rings. The molecule has 1 aliphatic carbocycles. The molecule has 2 aromatic rings. The van der Waals surface area contributed by atoms with Crippen LogP contribution in [0.2, 0.25) is 0 Å². The fourth-order valence-electron chi connectivity index (χ4n) is 5.70. The second kappa shape index (κ2) is 13.3. The third-order valence-corrected chi connectivity index (χ3v) is 7.32. The topological polar surface area (TPSA) is 57.2 Å². The molecule has 2 atom stereocenters. The molecular weight excluding hydrogens is 497 g/mol. The van der Waals surface area contributed by atoms with Gasteiger partial charge in [0.2, 0.25) is 0 Å². The molecule has 0 amide bonds. The monoisotopic (exact) mass is 537 g/mol. The summed E-state index contributed by atoms with van der Waals surface area (Å²) in [5.41, 5.74) is 2.46. The minimum Gasteiger partial charge on any atom is -0.496 e. The first-order valence-corrected chi connectivity index (χ1v) is 12.6. The summed E-state index contributed by atoms with van der Waals surface area (Å²) in [6, 6.07) is 8.74. The lowest BCUT2D eigenvalue weighted by atomic mass is 9.65. The average Bonchev–Trinajstić information content (AvgIpc) is 2.85. The van der Waals surface area contributed by atoms with Crippen molar-refractivity contribution in [1.82, 2.24) is 4.90 Å². The van der Waals surface area contributed by atoms with Crippen LogP contribution in [0.15, 0.2) is 30.3 Å². The van der Waals surface area contributed by atoms with Gasteiger partial charge in [-0.1, -0.05) is 19.9 Å². The summed E-state index contributed by atoms with van der Waals surface area (Å²) in [5.74, 6) is 1.87. The van der Waals surface area contributed by atoms with Gasteiger partial charge in [0.05, 0.1) is 21.3 Å². The first-order valence-electron chi connectivity index (χ1n) is 12.6. The maximum Gasteiger partial charge on any atom is 0.303 e. The summed E-state index contributed by atoms with van der Waals surface area (Å²) in [5, 5.41) is 0. The van der Waals surface area contributed by atoms with Crippen molar-refractivity contribution in [3.05, 3.63) is 52.8 Å². The van der Waals surface area contributed by atoms with E-state index in [1.54, 1.807) is 27.4 Å².